The number of nitrogen functional groups attached to an aromatic ring is 2. The van der Waals surface area contributed by atoms with Crippen molar-refractivity contribution < 1.29 is 9.47 Å². The minimum Gasteiger partial charge on any atom is -0.490 e. The molecule has 0 spiro atoms. The van der Waals surface area contributed by atoms with E-state index in [0.717, 1.165) is 5.56 Å². The minimum absolute atomic E-state index is 0.0308. The number of nitrogens with one attached hydrogen (secondary N) is 2. The van der Waals surface area contributed by atoms with Crippen LogP contribution < -0.4 is 31.6 Å². The molecule has 1 aromatic heterocycles. The highest BCUT2D eigenvalue weighted by molar-refractivity contribution is 6.32. The number of fused-ring (bicyclic) bond motifs is 1. The number of halogens is 2. The van der Waals surface area contributed by atoms with Crippen LogP contribution in [0, 0.1) is 22.8 Å². The van der Waals surface area contributed by atoms with E-state index < -0.39 is 6.04 Å². The molecule has 0 bridgehead atoms. The molecule has 1 aliphatic rings. The third kappa shape index (κ3) is 4.73. The standard InChI is InChI=1S/C24H20Cl2N8O2/c1-2-35-17-8-13(7-16(26)21(17)36-10-12-5-3-4-6-15(12)25)20-18-19(29)14(9-27)22(30)33-23(18)34-24(32-20)31-11-28/h3-8,20H,2,10H2,1H3,(H6,29,30,31,32,33,34). The van der Waals surface area contributed by atoms with Gasteiger partial charge in [0.15, 0.2) is 17.7 Å². The molecule has 0 saturated heterocycles. The maximum Gasteiger partial charge on any atom is 0.211 e. The summed E-state index contributed by atoms with van der Waals surface area (Å²) in [6.45, 7) is 2.34. The fourth-order valence-corrected chi connectivity index (χ4v) is 4.20. The lowest BCUT2D eigenvalue weighted by Crippen LogP contribution is -2.32. The Morgan fingerprint density at radius 3 is 2.61 bits per heavy atom. The summed E-state index contributed by atoms with van der Waals surface area (Å²) >= 11 is 12.9. The van der Waals surface area contributed by atoms with Gasteiger partial charge in [0.2, 0.25) is 5.96 Å². The van der Waals surface area contributed by atoms with Gasteiger partial charge in [-0.25, -0.2) is 9.98 Å². The molecule has 0 fully saturated rings. The van der Waals surface area contributed by atoms with Gasteiger partial charge < -0.3 is 26.3 Å². The average molecular weight is 523 g/mol. The van der Waals surface area contributed by atoms with E-state index in [1.807, 2.05) is 37.4 Å². The highest BCUT2D eigenvalue weighted by Gasteiger charge is 2.31. The van der Waals surface area contributed by atoms with Crippen LogP contribution in [0.1, 0.15) is 35.2 Å². The molecule has 0 radical (unpaired) electrons. The summed E-state index contributed by atoms with van der Waals surface area (Å²) in [5.74, 6) is 1.04. The Morgan fingerprint density at radius 2 is 1.92 bits per heavy atom. The first-order valence-corrected chi connectivity index (χ1v) is 11.4. The van der Waals surface area contributed by atoms with Crippen molar-refractivity contribution in [1.82, 2.24) is 10.3 Å². The summed E-state index contributed by atoms with van der Waals surface area (Å²) in [6.07, 6.45) is 1.81. The van der Waals surface area contributed by atoms with Gasteiger partial charge in [-0.15, -0.1) is 0 Å². The van der Waals surface area contributed by atoms with Crippen LogP contribution >= 0.6 is 23.2 Å². The lowest BCUT2D eigenvalue weighted by molar-refractivity contribution is 0.269. The van der Waals surface area contributed by atoms with E-state index >= 15 is 0 Å². The van der Waals surface area contributed by atoms with Crippen LogP contribution in [-0.4, -0.2) is 17.6 Å². The molecule has 6 N–H and O–H groups in total. The SMILES string of the molecule is CCOc1cc(C2N=C(NC#N)Nc3nc(N)c(C#N)c(N)c32)cc(Cl)c1OCc1ccccc1Cl. The van der Waals surface area contributed by atoms with Crippen molar-refractivity contribution in [3.63, 3.8) is 0 Å². The molecule has 10 nitrogen and oxygen atoms in total. The molecule has 1 atom stereocenters. The van der Waals surface area contributed by atoms with Crippen molar-refractivity contribution in [2.24, 2.45) is 4.99 Å². The van der Waals surface area contributed by atoms with E-state index in [9.17, 15) is 5.26 Å². The maximum atomic E-state index is 9.53. The van der Waals surface area contributed by atoms with Crippen LogP contribution in [0.25, 0.3) is 0 Å². The van der Waals surface area contributed by atoms with E-state index in [2.05, 4.69) is 20.6 Å². The van der Waals surface area contributed by atoms with Gasteiger partial charge in [-0.2, -0.15) is 10.5 Å². The molecule has 1 aliphatic heterocycles. The predicted octanol–water partition coefficient (Wildman–Crippen LogP) is 4.34. The Morgan fingerprint density at radius 1 is 1.14 bits per heavy atom. The van der Waals surface area contributed by atoms with Crippen molar-refractivity contribution in [3.8, 4) is 23.8 Å². The van der Waals surface area contributed by atoms with E-state index in [0.29, 0.717) is 34.3 Å². The Hall–Kier alpha value is -4.38. The number of aliphatic imine (C=N–C) groups is 1. The number of benzene rings is 2. The first-order valence-electron chi connectivity index (χ1n) is 10.7. The second-order valence-corrected chi connectivity index (χ2v) is 8.36. The summed E-state index contributed by atoms with van der Waals surface area (Å²) < 4.78 is 11.8. The molecular weight excluding hydrogens is 503 g/mol. The molecule has 4 rings (SSSR count). The number of nitrogens with zero attached hydrogens (tertiary/aromatic N) is 4. The zero-order valence-electron chi connectivity index (χ0n) is 19.0. The van der Waals surface area contributed by atoms with Crippen molar-refractivity contribution >= 4 is 46.5 Å². The van der Waals surface area contributed by atoms with Crippen LogP contribution in [-0.2, 0) is 6.61 Å². The molecule has 0 amide bonds. The van der Waals surface area contributed by atoms with E-state index in [-0.39, 0.29) is 40.5 Å². The predicted molar refractivity (Wildman–Crippen MR) is 138 cm³/mol. The fourth-order valence-electron chi connectivity index (χ4n) is 3.74. The van der Waals surface area contributed by atoms with Crippen molar-refractivity contribution in [2.75, 3.05) is 23.4 Å². The fraction of sp³-hybridized carbons (Fsp3) is 0.167. The van der Waals surface area contributed by atoms with Gasteiger partial charge in [-0.05, 0) is 30.7 Å². The largest absolute Gasteiger partial charge is 0.490 e. The van der Waals surface area contributed by atoms with Crippen molar-refractivity contribution in [1.29, 1.82) is 10.5 Å². The number of rotatable bonds is 6. The van der Waals surface area contributed by atoms with Gasteiger partial charge in [0.05, 0.1) is 17.3 Å². The summed E-state index contributed by atoms with van der Waals surface area (Å²) in [6, 6.07) is 11.9. The summed E-state index contributed by atoms with van der Waals surface area (Å²) in [5.41, 5.74) is 14.1. The molecular formula is C24H20Cl2N8O2. The van der Waals surface area contributed by atoms with E-state index in [4.69, 9.17) is 49.4 Å². The molecule has 12 heteroatoms. The molecule has 0 saturated carbocycles. The number of pyridine rings is 1. The summed E-state index contributed by atoms with van der Waals surface area (Å²) in [5, 5.41) is 24.8. The number of nitriles is 2. The van der Waals surface area contributed by atoms with Crippen LogP contribution in [0.15, 0.2) is 41.4 Å². The van der Waals surface area contributed by atoms with Crippen LogP contribution in [0.5, 0.6) is 11.5 Å². The zero-order valence-corrected chi connectivity index (χ0v) is 20.5. The third-order valence-corrected chi connectivity index (χ3v) is 5.98. The monoisotopic (exact) mass is 522 g/mol. The van der Waals surface area contributed by atoms with Gasteiger partial charge in [0.25, 0.3) is 0 Å². The highest BCUT2D eigenvalue weighted by Crippen LogP contribution is 2.45. The quantitative estimate of drug-likeness (QED) is 0.271. The smallest absolute Gasteiger partial charge is 0.211 e. The Labute approximate surface area is 217 Å². The second kappa shape index (κ2) is 10.5. The molecule has 0 aliphatic carbocycles. The van der Waals surface area contributed by atoms with Gasteiger partial charge in [-0.3, -0.25) is 5.32 Å². The highest BCUT2D eigenvalue weighted by atomic mass is 35.5. The maximum absolute atomic E-state index is 9.53. The zero-order chi connectivity index (χ0) is 25.8. The lowest BCUT2D eigenvalue weighted by Gasteiger charge is -2.27. The molecule has 36 heavy (non-hydrogen) atoms. The van der Waals surface area contributed by atoms with Crippen LogP contribution in [0.2, 0.25) is 10.0 Å². The number of hydrogen-bond acceptors (Lipinski definition) is 10. The number of guanidine groups is 1. The van der Waals surface area contributed by atoms with Crippen LogP contribution in [0.4, 0.5) is 17.3 Å². The lowest BCUT2D eigenvalue weighted by atomic mass is 9.95. The molecule has 2 heterocycles. The number of ether oxygens (including phenoxy) is 2. The number of aromatic nitrogens is 1. The van der Waals surface area contributed by atoms with Gasteiger partial charge >= 0.3 is 0 Å². The Balaban J connectivity index is 1.81. The van der Waals surface area contributed by atoms with Crippen molar-refractivity contribution in [3.05, 3.63) is 68.7 Å². The third-order valence-electron chi connectivity index (χ3n) is 5.33. The minimum atomic E-state index is -0.786. The number of nitrogens with two attached hydrogens (primary N) is 2. The van der Waals surface area contributed by atoms with E-state index in [1.165, 1.54) is 0 Å². The Bertz CT molecular complexity index is 1450. The van der Waals surface area contributed by atoms with Gasteiger partial charge in [0, 0.05) is 16.1 Å². The van der Waals surface area contributed by atoms with Crippen molar-refractivity contribution in [2.45, 2.75) is 19.6 Å². The topological polar surface area (TPSA) is 167 Å². The first kappa shape index (κ1) is 24.7. The number of anilines is 3. The van der Waals surface area contributed by atoms with Gasteiger partial charge in [-0.1, -0.05) is 41.4 Å². The first-order chi connectivity index (χ1) is 17.4. The molecule has 1 unspecified atom stereocenters. The molecule has 3 aromatic rings. The van der Waals surface area contributed by atoms with Crippen LogP contribution in [0.3, 0.4) is 0 Å². The summed E-state index contributed by atoms with van der Waals surface area (Å²) in [7, 11) is 0. The molecule has 2 aromatic carbocycles. The summed E-state index contributed by atoms with van der Waals surface area (Å²) in [4.78, 5) is 8.81. The Kier molecular flexibility index (Phi) is 7.20. The second-order valence-electron chi connectivity index (χ2n) is 7.54. The normalized spacial score (nSPS) is 13.9. The molecule has 182 valence electrons. The number of hydrogen-bond donors (Lipinski definition) is 4. The average Bonchev–Trinajstić information content (AvgIpc) is 2.84. The van der Waals surface area contributed by atoms with E-state index in [1.54, 1.807) is 18.2 Å². The van der Waals surface area contributed by atoms with Gasteiger partial charge in [0.1, 0.15) is 35.9 Å².